The maximum atomic E-state index is 11.3. The summed E-state index contributed by atoms with van der Waals surface area (Å²) in [4.78, 5) is 4.31. The Bertz CT molecular complexity index is 715. The minimum Gasteiger partial charge on any atom is -0.487 e. The third-order valence-corrected chi connectivity index (χ3v) is 4.04. The van der Waals surface area contributed by atoms with Gasteiger partial charge in [0.05, 0.1) is 15.6 Å². The molecular weight excluding hydrogens is 300 g/mol. The van der Waals surface area contributed by atoms with Crippen LogP contribution in [0.15, 0.2) is 41.3 Å². The number of benzene rings is 1. The molecule has 0 aliphatic carbocycles. The van der Waals surface area contributed by atoms with Crippen molar-refractivity contribution in [2.45, 2.75) is 11.5 Å². The lowest BCUT2D eigenvalue weighted by molar-refractivity contribution is 0.301. The fraction of sp³-hybridized carbons (Fsp3) is 0.154. The minimum atomic E-state index is -3.20. The van der Waals surface area contributed by atoms with Crippen molar-refractivity contribution >= 4 is 27.3 Å². The van der Waals surface area contributed by atoms with Crippen molar-refractivity contribution in [3.05, 3.63) is 47.1 Å². The first-order valence-electron chi connectivity index (χ1n) is 5.70. The Morgan fingerprint density at radius 3 is 2.45 bits per heavy atom. The third kappa shape index (κ3) is 3.61. The van der Waals surface area contributed by atoms with Gasteiger partial charge in [0, 0.05) is 6.26 Å². The third-order valence-electron chi connectivity index (χ3n) is 2.57. The maximum absolute atomic E-state index is 11.3. The molecule has 0 spiro atoms. The Balaban J connectivity index is 2.10. The Kier molecular flexibility index (Phi) is 4.15. The van der Waals surface area contributed by atoms with Crippen LogP contribution >= 0.6 is 11.6 Å². The van der Waals surface area contributed by atoms with Gasteiger partial charge in [-0.05, 0) is 36.4 Å². The summed E-state index contributed by atoms with van der Waals surface area (Å²) in [6.45, 7) is 0.155. The van der Waals surface area contributed by atoms with E-state index in [0.717, 1.165) is 6.26 Å². The van der Waals surface area contributed by atoms with Crippen LogP contribution in [0, 0.1) is 0 Å². The van der Waals surface area contributed by atoms with Gasteiger partial charge in [0.1, 0.15) is 18.2 Å². The molecule has 0 unspecified atom stereocenters. The van der Waals surface area contributed by atoms with Crippen LogP contribution < -0.4 is 10.5 Å². The van der Waals surface area contributed by atoms with Crippen LogP contribution in [-0.2, 0) is 16.4 Å². The van der Waals surface area contributed by atoms with Crippen molar-refractivity contribution in [3.8, 4) is 5.75 Å². The quantitative estimate of drug-likeness (QED) is 0.936. The van der Waals surface area contributed by atoms with Crippen LogP contribution in [0.2, 0.25) is 5.02 Å². The summed E-state index contributed by atoms with van der Waals surface area (Å²) in [6, 6.07) is 9.38. The lowest BCUT2D eigenvalue weighted by Crippen LogP contribution is -2.02. The average molecular weight is 313 g/mol. The van der Waals surface area contributed by atoms with E-state index >= 15 is 0 Å². The number of halogens is 1. The summed E-state index contributed by atoms with van der Waals surface area (Å²) < 4.78 is 28.1. The predicted molar refractivity (Wildman–Crippen MR) is 77.5 cm³/mol. The van der Waals surface area contributed by atoms with Crippen molar-refractivity contribution in [2.24, 2.45) is 0 Å². The van der Waals surface area contributed by atoms with Crippen LogP contribution in [0.4, 0.5) is 5.82 Å². The van der Waals surface area contributed by atoms with E-state index in [4.69, 9.17) is 22.1 Å². The van der Waals surface area contributed by atoms with Gasteiger partial charge >= 0.3 is 0 Å². The highest BCUT2D eigenvalue weighted by Gasteiger charge is 2.07. The molecule has 106 valence electrons. The molecule has 1 heterocycles. The number of nitrogens with zero attached hydrogens (tertiary/aromatic N) is 1. The van der Waals surface area contributed by atoms with Gasteiger partial charge < -0.3 is 10.5 Å². The zero-order chi connectivity index (χ0) is 14.8. The first-order chi connectivity index (χ1) is 9.36. The normalized spacial score (nSPS) is 11.3. The van der Waals surface area contributed by atoms with E-state index in [1.165, 1.54) is 12.1 Å². The van der Waals surface area contributed by atoms with Gasteiger partial charge in [0.25, 0.3) is 0 Å². The minimum absolute atomic E-state index is 0.155. The standard InChI is InChI=1S/C13H13ClN2O3S/c1-20(17,18)10-4-2-9(3-5-10)19-8-12-11(14)6-7-13(15)16-12/h2-7H,8H2,1H3,(H2,15,16). The van der Waals surface area contributed by atoms with Crippen LogP contribution in [0.25, 0.3) is 0 Å². The summed E-state index contributed by atoms with van der Waals surface area (Å²) >= 11 is 5.97. The van der Waals surface area contributed by atoms with Gasteiger partial charge in [0.15, 0.2) is 9.84 Å². The molecular formula is C13H13ClN2O3S. The van der Waals surface area contributed by atoms with Crippen LogP contribution in [0.3, 0.4) is 0 Å². The van der Waals surface area contributed by atoms with Crippen molar-refractivity contribution in [1.82, 2.24) is 4.98 Å². The molecule has 7 heteroatoms. The Hall–Kier alpha value is -1.79. The topological polar surface area (TPSA) is 82.3 Å². The molecule has 0 fully saturated rings. The number of rotatable bonds is 4. The van der Waals surface area contributed by atoms with Crippen LogP contribution in [0.1, 0.15) is 5.69 Å². The van der Waals surface area contributed by atoms with E-state index in [1.807, 2.05) is 0 Å². The van der Waals surface area contributed by atoms with Gasteiger partial charge in [-0.25, -0.2) is 13.4 Å². The largest absolute Gasteiger partial charge is 0.487 e. The lowest BCUT2D eigenvalue weighted by Gasteiger charge is -2.08. The van der Waals surface area contributed by atoms with E-state index in [9.17, 15) is 8.42 Å². The summed E-state index contributed by atoms with van der Waals surface area (Å²) in [5.41, 5.74) is 6.10. The second-order valence-electron chi connectivity index (χ2n) is 4.20. The summed E-state index contributed by atoms with van der Waals surface area (Å²) in [5.74, 6) is 0.887. The molecule has 2 aromatic rings. The van der Waals surface area contributed by atoms with Gasteiger partial charge in [0.2, 0.25) is 0 Å². The SMILES string of the molecule is CS(=O)(=O)c1ccc(OCc2nc(N)ccc2Cl)cc1. The van der Waals surface area contributed by atoms with Gasteiger partial charge in [-0.1, -0.05) is 11.6 Å². The molecule has 0 saturated carbocycles. The number of pyridine rings is 1. The number of anilines is 1. The molecule has 20 heavy (non-hydrogen) atoms. The fourth-order valence-corrected chi connectivity index (χ4v) is 2.33. The van der Waals surface area contributed by atoms with Crippen molar-refractivity contribution < 1.29 is 13.2 Å². The van der Waals surface area contributed by atoms with E-state index in [2.05, 4.69) is 4.98 Å². The molecule has 2 N–H and O–H groups in total. The highest BCUT2D eigenvalue weighted by atomic mass is 35.5. The molecule has 0 atom stereocenters. The van der Waals surface area contributed by atoms with E-state index in [0.29, 0.717) is 22.3 Å². The van der Waals surface area contributed by atoms with Crippen molar-refractivity contribution in [1.29, 1.82) is 0 Å². The van der Waals surface area contributed by atoms with Crippen LogP contribution in [0.5, 0.6) is 5.75 Å². The smallest absolute Gasteiger partial charge is 0.175 e. The molecule has 0 aliphatic rings. The molecule has 1 aromatic carbocycles. The number of aromatic nitrogens is 1. The van der Waals surface area contributed by atoms with Gasteiger partial charge in [-0.2, -0.15) is 0 Å². The zero-order valence-electron chi connectivity index (χ0n) is 10.7. The average Bonchev–Trinajstić information content (AvgIpc) is 2.39. The monoisotopic (exact) mass is 312 g/mol. The van der Waals surface area contributed by atoms with E-state index in [1.54, 1.807) is 24.3 Å². The zero-order valence-corrected chi connectivity index (χ0v) is 12.3. The molecule has 0 amide bonds. The number of ether oxygens (including phenoxy) is 1. The summed E-state index contributed by atoms with van der Waals surface area (Å²) in [6.07, 6.45) is 1.15. The number of nitrogen functional groups attached to an aromatic ring is 1. The summed E-state index contributed by atoms with van der Waals surface area (Å²) in [7, 11) is -3.20. The molecule has 0 bridgehead atoms. The number of hydrogen-bond donors (Lipinski definition) is 1. The van der Waals surface area contributed by atoms with E-state index in [-0.39, 0.29) is 11.5 Å². The Morgan fingerprint density at radius 1 is 1.20 bits per heavy atom. The molecule has 5 nitrogen and oxygen atoms in total. The predicted octanol–water partition coefficient (Wildman–Crippen LogP) is 2.30. The lowest BCUT2D eigenvalue weighted by atomic mass is 10.3. The van der Waals surface area contributed by atoms with Crippen molar-refractivity contribution in [3.63, 3.8) is 0 Å². The second kappa shape index (κ2) is 5.68. The number of sulfone groups is 1. The van der Waals surface area contributed by atoms with E-state index < -0.39 is 9.84 Å². The Labute approximate surface area is 122 Å². The number of nitrogens with two attached hydrogens (primary N) is 1. The highest BCUT2D eigenvalue weighted by molar-refractivity contribution is 7.90. The first-order valence-corrected chi connectivity index (χ1v) is 7.97. The first kappa shape index (κ1) is 14.6. The second-order valence-corrected chi connectivity index (χ2v) is 6.62. The molecule has 2 rings (SSSR count). The van der Waals surface area contributed by atoms with Gasteiger partial charge in [-0.15, -0.1) is 0 Å². The fourth-order valence-electron chi connectivity index (χ4n) is 1.54. The number of hydrogen-bond acceptors (Lipinski definition) is 5. The molecule has 0 radical (unpaired) electrons. The molecule has 1 aromatic heterocycles. The molecule has 0 aliphatic heterocycles. The van der Waals surface area contributed by atoms with Crippen LogP contribution in [-0.4, -0.2) is 19.7 Å². The highest BCUT2D eigenvalue weighted by Crippen LogP contribution is 2.20. The maximum Gasteiger partial charge on any atom is 0.175 e. The summed E-state index contributed by atoms with van der Waals surface area (Å²) in [5, 5.41) is 0.465. The Morgan fingerprint density at radius 2 is 1.85 bits per heavy atom. The molecule has 0 saturated heterocycles. The van der Waals surface area contributed by atoms with Gasteiger partial charge in [-0.3, -0.25) is 0 Å². The van der Waals surface area contributed by atoms with Crippen molar-refractivity contribution in [2.75, 3.05) is 12.0 Å².